The molecule has 0 fully saturated rings. The second kappa shape index (κ2) is 7.44. The van der Waals surface area contributed by atoms with Gasteiger partial charge in [-0.1, -0.05) is 20.3 Å². The molecule has 0 aliphatic rings. The molecule has 0 saturated carbocycles. The summed E-state index contributed by atoms with van der Waals surface area (Å²) in [5.41, 5.74) is 1.34. The first kappa shape index (κ1) is 13.2. The summed E-state index contributed by atoms with van der Waals surface area (Å²) in [4.78, 5) is 0. The maximum atomic E-state index is 4.19. The van der Waals surface area contributed by atoms with Crippen molar-refractivity contribution in [2.45, 2.75) is 52.0 Å². The van der Waals surface area contributed by atoms with E-state index in [0.29, 0.717) is 6.04 Å². The van der Waals surface area contributed by atoms with Gasteiger partial charge in [0.05, 0.1) is 0 Å². The Kier molecular flexibility index (Phi) is 6.16. The van der Waals surface area contributed by atoms with Crippen LogP contribution in [0.4, 0.5) is 0 Å². The molecule has 1 rings (SSSR count). The van der Waals surface area contributed by atoms with Gasteiger partial charge in [-0.15, -0.1) is 0 Å². The van der Waals surface area contributed by atoms with Gasteiger partial charge in [0, 0.05) is 25.0 Å². The molecule has 0 saturated heterocycles. The Bertz CT molecular complexity index is 274. The SMILES string of the molecule is CCCC(CCCc1ccnn1C)NCC. The molecule has 1 atom stereocenters. The van der Waals surface area contributed by atoms with Crippen LogP contribution in [0.25, 0.3) is 0 Å². The smallest absolute Gasteiger partial charge is 0.0492 e. The molecule has 0 radical (unpaired) electrons. The Morgan fingerprint density at radius 3 is 2.75 bits per heavy atom. The van der Waals surface area contributed by atoms with Crippen LogP contribution in [0.5, 0.6) is 0 Å². The Morgan fingerprint density at radius 1 is 1.38 bits per heavy atom. The normalized spacial score (nSPS) is 12.9. The number of aryl methyl sites for hydroxylation is 2. The summed E-state index contributed by atoms with van der Waals surface area (Å²) in [6.45, 7) is 5.52. The lowest BCUT2D eigenvalue weighted by molar-refractivity contribution is 0.445. The van der Waals surface area contributed by atoms with E-state index in [1.54, 1.807) is 0 Å². The fraction of sp³-hybridized carbons (Fsp3) is 0.769. The van der Waals surface area contributed by atoms with E-state index in [9.17, 15) is 0 Å². The molecule has 1 heterocycles. The maximum absolute atomic E-state index is 4.19. The van der Waals surface area contributed by atoms with E-state index in [0.717, 1.165) is 13.0 Å². The van der Waals surface area contributed by atoms with E-state index < -0.39 is 0 Å². The van der Waals surface area contributed by atoms with Crippen molar-refractivity contribution in [3.05, 3.63) is 18.0 Å². The minimum atomic E-state index is 0.697. The molecule has 0 aromatic carbocycles. The lowest BCUT2D eigenvalue weighted by atomic mass is 10.0. The minimum absolute atomic E-state index is 0.697. The zero-order valence-electron chi connectivity index (χ0n) is 10.9. The van der Waals surface area contributed by atoms with Crippen molar-refractivity contribution in [2.75, 3.05) is 6.54 Å². The second-order valence-electron chi connectivity index (χ2n) is 4.38. The number of nitrogens with zero attached hydrogens (tertiary/aromatic N) is 2. The number of hydrogen-bond acceptors (Lipinski definition) is 2. The number of nitrogens with one attached hydrogen (secondary N) is 1. The van der Waals surface area contributed by atoms with Crippen LogP contribution in [0.15, 0.2) is 12.3 Å². The Balaban J connectivity index is 2.24. The highest BCUT2D eigenvalue weighted by Crippen LogP contribution is 2.09. The second-order valence-corrected chi connectivity index (χ2v) is 4.38. The summed E-state index contributed by atoms with van der Waals surface area (Å²) < 4.78 is 1.97. The molecular weight excluding hydrogens is 198 g/mol. The summed E-state index contributed by atoms with van der Waals surface area (Å²) in [5.74, 6) is 0. The summed E-state index contributed by atoms with van der Waals surface area (Å²) in [5, 5.41) is 7.74. The number of hydrogen-bond donors (Lipinski definition) is 1. The summed E-state index contributed by atoms with van der Waals surface area (Å²) in [7, 11) is 2.02. The summed E-state index contributed by atoms with van der Waals surface area (Å²) >= 11 is 0. The molecule has 1 aromatic heterocycles. The molecule has 92 valence electrons. The van der Waals surface area contributed by atoms with Crippen molar-refractivity contribution in [1.29, 1.82) is 0 Å². The predicted molar refractivity (Wildman–Crippen MR) is 68.5 cm³/mol. The van der Waals surface area contributed by atoms with Crippen LogP contribution in [-0.2, 0) is 13.5 Å². The fourth-order valence-electron chi connectivity index (χ4n) is 2.16. The van der Waals surface area contributed by atoms with Crippen molar-refractivity contribution < 1.29 is 0 Å². The highest BCUT2D eigenvalue weighted by Gasteiger charge is 2.06. The standard InChI is InChI=1S/C13H25N3/c1-4-7-12(14-5-2)8-6-9-13-10-11-15-16(13)3/h10-12,14H,4-9H2,1-3H3. The van der Waals surface area contributed by atoms with Crippen LogP contribution >= 0.6 is 0 Å². The number of rotatable bonds is 8. The quantitative estimate of drug-likeness (QED) is 0.734. The van der Waals surface area contributed by atoms with E-state index >= 15 is 0 Å². The van der Waals surface area contributed by atoms with Crippen molar-refractivity contribution in [3.8, 4) is 0 Å². The van der Waals surface area contributed by atoms with Gasteiger partial charge in [-0.25, -0.2) is 0 Å². The summed E-state index contributed by atoms with van der Waals surface area (Å²) in [6.07, 6.45) is 8.10. The van der Waals surface area contributed by atoms with Gasteiger partial charge in [-0.2, -0.15) is 5.10 Å². The van der Waals surface area contributed by atoms with Crippen LogP contribution in [0.1, 0.15) is 45.2 Å². The molecule has 1 unspecified atom stereocenters. The molecule has 16 heavy (non-hydrogen) atoms. The van der Waals surface area contributed by atoms with Gasteiger partial charge < -0.3 is 5.32 Å². The lowest BCUT2D eigenvalue weighted by Gasteiger charge is -2.16. The third-order valence-electron chi connectivity index (χ3n) is 3.04. The molecular formula is C13H25N3. The van der Waals surface area contributed by atoms with E-state index in [1.807, 2.05) is 17.9 Å². The van der Waals surface area contributed by atoms with Crippen LogP contribution in [0.3, 0.4) is 0 Å². The first-order chi connectivity index (χ1) is 7.77. The predicted octanol–water partition coefficient (Wildman–Crippen LogP) is 2.52. The van der Waals surface area contributed by atoms with Crippen LogP contribution < -0.4 is 5.32 Å². The van der Waals surface area contributed by atoms with E-state index in [-0.39, 0.29) is 0 Å². The Labute approximate surface area is 99.2 Å². The largest absolute Gasteiger partial charge is 0.314 e. The van der Waals surface area contributed by atoms with Crippen molar-refractivity contribution >= 4 is 0 Å². The van der Waals surface area contributed by atoms with Crippen LogP contribution in [-0.4, -0.2) is 22.4 Å². The average molecular weight is 223 g/mol. The van der Waals surface area contributed by atoms with Gasteiger partial charge in [-0.05, 0) is 38.3 Å². The van der Waals surface area contributed by atoms with Gasteiger partial charge in [0.15, 0.2) is 0 Å². The molecule has 1 N–H and O–H groups in total. The van der Waals surface area contributed by atoms with Gasteiger partial charge in [0.25, 0.3) is 0 Å². The number of aromatic nitrogens is 2. The average Bonchev–Trinajstić information content (AvgIpc) is 2.65. The third kappa shape index (κ3) is 4.35. The first-order valence-electron chi connectivity index (χ1n) is 6.48. The van der Waals surface area contributed by atoms with Gasteiger partial charge in [-0.3, -0.25) is 4.68 Å². The zero-order chi connectivity index (χ0) is 11.8. The minimum Gasteiger partial charge on any atom is -0.314 e. The highest BCUT2D eigenvalue weighted by molar-refractivity contribution is 4.99. The molecule has 0 spiro atoms. The van der Waals surface area contributed by atoms with Gasteiger partial charge in [0.2, 0.25) is 0 Å². The Morgan fingerprint density at radius 2 is 2.19 bits per heavy atom. The monoisotopic (exact) mass is 223 g/mol. The summed E-state index contributed by atoms with van der Waals surface area (Å²) in [6, 6.07) is 2.81. The zero-order valence-corrected chi connectivity index (χ0v) is 10.9. The van der Waals surface area contributed by atoms with Crippen LogP contribution in [0.2, 0.25) is 0 Å². The first-order valence-corrected chi connectivity index (χ1v) is 6.48. The Hall–Kier alpha value is -0.830. The maximum Gasteiger partial charge on any atom is 0.0492 e. The lowest BCUT2D eigenvalue weighted by Crippen LogP contribution is -2.28. The van der Waals surface area contributed by atoms with Gasteiger partial charge in [0.1, 0.15) is 0 Å². The van der Waals surface area contributed by atoms with E-state index in [2.05, 4.69) is 30.3 Å². The van der Waals surface area contributed by atoms with E-state index in [1.165, 1.54) is 31.4 Å². The van der Waals surface area contributed by atoms with Crippen molar-refractivity contribution in [3.63, 3.8) is 0 Å². The third-order valence-corrected chi connectivity index (χ3v) is 3.04. The molecule has 0 amide bonds. The van der Waals surface area contributed by atoms with Crippen molar-refractivity contribution in [2.24, 2.45) is 7.05 Å². The van der Waals surface area contributed by atoms with E-state index in [4.69, 9.17) is 0 Å². The fourth-order valence-corrected chi connectivity index (χ4v) is 2.16. The molecule has 0 aliphatic carbocycles. The molecule has 0 aliphatic heterocycles. The van der Waals surface area contributed by atoms with Crippen molar-refractivity contribution in [1.82, 2.24) is 15.1 Å². The highest BCUT2D eigenvalue weighted by atomic mass is 15.2. The molecule has 3 heteroatoms. The van der Waals surface area contributed by atoms with Crippen LogP contribution in [0, 0.1) is 0 Å². The molecule has 1 aromatic rings. The molecule has 0 bridgehead atoms. The van der Waals surface area contributed by atoms with Gasteiger partial charge >= 0.3 is 0 Å². The topological polar surface area (TPSA) is 29.9 Å². The molecule has 3 nitrogen and oxygen atoms in total.